The summed E-state index contributed by atoms with van der Waals surface area (Å²) in [6.07, 6.45) is 9.85. The Hall–Kier alpha value is -2.57. The van der Waals surface area contributed by atoms with Crippen LogP contribution in [-0.4, -0.2) is 28.6 Å². The number of hydrogen-bond donors (Lipinski definition) is 1. The average molecular weight is 404 g/mol. The topological polar surface area (TPSA) is 40.5 Å². The SMILES string of the molecule is C=C(C)C#C[C@@H](c1ccc(C)cc1)N1CC[C@H](CC(=O)O)C[C@@H]1C1C=CC(C)=CC1. The molecule has 3 nitrogen and oxygen atoms in total. The quantitative estimate of drug-likeness (QED) is 0.642. The molecule has 3 heteroatoms. The number of aryl methyl sites for hydroxylation is 1. The maximum atomic E-state index is 11.4. The molecule has 1 aromatic rings. The van der Waals surface area contributed by atoms with E-state index in [9.17, 15) is 9.90 Å². The molecule has 1 aliphatic heterocycles. The molecule has 3 rings (SSSR count). The Kier molecular flexibility index (Phi) is 7.34. The molecule has 4 atom stereocenters. The molecule has 1 fully saturated rings. The molecule has 0 saturated carbocycles. The molecule has 0 aromatic heterocycles. The van der Waals surface area contributed by atoms with Crippen LogP contribution in [0.1, 0.15) is 56.7 Å². The Labute approximate surface area is 181 Å². The summed E-state index contributed by atoms with van der Waals surface area (Å²) in [4.78, 5) is 13.9. The predicted octanol–water partition coefficient (Wildman–Crippen LogP) is 5.69. The van der Waals surface area contributed by atoms with Crippen molar-refractivity contribution in [2.24, 2.45) is 11.8 Å². The highest BCUT2D eigenvalue weighted by atomic mass is 16.4. The largest absolute Gasteiger partial charge is 0.481 e. The summed E-state index contributed by atoms with van der Waals surface area (Å²) in [7, 11) is 0. The van der Waals surface area contributed by atoms with E-state index in [1.54, 1.807) is 0 Å². The van der Waals surface area contributed by atoms with Gasteiger partial charge >= 0.3 is 5.97 Å². The first-order valence-corrected chi connectivity index (χ1v) is 10.9. The molecule has 0 radical (unpaired) electrons. The van der Waals surface area contributed by atoms with Crippen molar-refractivity contribution in [3.05, 3.63) is 71.3 Å². The van der Waals surface area contributed by atoms with Crippen LogP contribution in [0.15, 0.2) is 60.2 Å². The van der Waals surface area contributed by atoms with E-state index in [2.05, 4.69) is 79.7 Å². The first kappa shape index (κ1) is 22.1. The number of carboxylic acid groups (broad SMARTS) is 1. The minimum absolute atomic E-state index is 0.0153. The van der Waals surface area contributed by atoms with Crippen molar-refractivity contribution in [3.63, 3.8) is 0 Å². The van der Waals surface area contributed by atoms with Gasteiger partial charge in [0.1, 0.15) is 0 Å². The number of aliphatic carboxylic acids is 1. The highest BCUT2D eigenvalue weighted by Crippen LogP contribution is 2.38. The molecule has 2 aliphatic rings. The Morgan fingerprint density at radius 3 is 2.63 bits per heavy atom. The third kappa shape index (κ3) is 5.74. The number of piperidine rings is 1. The van der Waals surface area contributed by atoms with Gasteiger partial charge in [0.2, 0.25) is 0 Å². The zero-order valence-corrected chi connectivity index (χ0v) is 18.4. The molecular formula is C27H33NO2. The van der Waals surface area contributed by atoms with Crippen molar-refractivity contribution in [1.82, 2.24) is 4.90 Å². The first-order valence-electron chi connectivity index (χ1n) is 10.9. The van der Waals surface area contributed by atoms with Gasteiger partial charge in [0.15, 0.2) is 0 Å². The second kappa shape index (κ2) is 9.96. The van der Waals surface area contributed by atoms with Crippen molar-refractivity contribution in [1.29, 1.82) is 0 Å². The van der Waals surface area contributed by atoms with Gasteiger partial charge in [-0.25, -0.2) is 0 Å². The van der Waals surface area contributed by atoms with Crippen molar-refractivity contribution < 1.29 is 9.90 Å². The van der Waals surface area contributed by atoms with Crippen LogP contribution in [-0.2, 0) is 4.79 Å². The fraction of sp³-hybridized carbons (Fsp3) is 0.444. The lowest BCUT2D eigenvalue weighted by atomic mass is 9.78. The first-order chi connectivity index (χ1) is 14.3. The molecule has 0 bridgehead atoms. The van der Waals surface area contributed by atoms with Crippen LogP contribution in [0.3, 0.4) is 0 Å². The maximum absolute atomic E-state index is 11.4. The molecule has 1 unspecified atom stereocenters. The third-order valence-corrected chi connectivity index (χ3v) is 6.22. The Morgan fingerprint density at radius 2 is 2.03 bits per heavy atom. The smallest absolute Gasteiger partial charge is 0.303 e. The lowest BCUT2D eigenvalue weighted by Crippen LogP contribution is -2.48. The normalized spacial score (nSPS) is 25.0. The van der Waals surface area contributed by atoms with Crippen LogP contribution in [0.5, 0.6) is 0 Å². The molecule has 1 aliphatic carbocycles. The maximum Gasteiger partial charge on any atom is 0.303 e. The predicted molar refractivity (Wildman–Crippen MR) is 123 cm³/mol. The third-order valence-electron chi connectivity index (χ3n) is 6.22. The van der Waals surface area contributed by atoms with Crippen molar-refractivity contribution >= 4 is 5.97 Å². The summed E-state index contributed by atoms with van der Waals surface area (Å²) in [6, 6.07) is 8.89. The van der Waals surface area contributed by atoms with Crippen molar-refractivity contribution in [3.8, 4) is 11.8 Å². The van der Waals surface area contributed by atoms with Gasteiger partial charge in [0, 0.05) is 19.0 Å². The Bertz CT molecular complexity index is 897. The fourth-order valence-corrected chi connectivity index (χ4v) is 4.59. The highest BCUT2D eigenvalue weighted by Gasteiger charge is 2.37. The molecule has 0 amide bonds. The van der Waals surface area contributed by atoms with Crippen LogP contribution in [0.2, 0.25) is 0 Å². The summed E-state index contributed by atoms with van der Waals surface area (Å²) in [5.41, 5.74) is 4.59. The number of nitrogens with zero attached hydrogens (tertiary/aromatic N) is 1. The van der Waals surface area contributed by atoms with Gasteiger partial charge in [-0.05, 0) is 63.0 Å². The number of carboxylic acids is 1. The number of rotatable bonds is 5. The molecule has 1 N–H and O–H groups in total. The average Bonchev–Trinajstić information content (AvgIpc) is 2.70. The van der Waals surface area contributed by atoms with Gasteiger partial charge in [-0.15, -0.1) is 0 Å². The summed E-state index contributed by atoms with van der Waals surface area (Å²) < 4.78 is 0. The second-order valence-corrected chi connectivity index (χ2v) is 8.86. The van der Waals surface area contributed by atoms with Gasteiger partial charge in [-0.1, -0.05) is 72.0 Å². The minimum atomic E-state index is -0.695. The van der Waals surface area contributed by atoms with E-state index < -0.39 is 5.97 Å². The minimum Gasteiger partial charge on any atom is -0.481 e. The Morgan fingerprint density at radius 1 is 1.30 bits per heavy atom. The van der Waals surface area contributed by atoms with Crippen LogP contribution in [0, 0.1) is 30.6 Å². The number of allylic oxidation sites excluding steroid dienone is 4. The Balaban J connectivity index is 1.95. The van der Waals surface area contributed by atoms with Crippen molar-refractivity contribution in [2.75, 3.05) is 6.54 Å². The van der Waals surface area contributed by atoms with E-state index >= 15 is 0 Å². The van der Waals surface area contributed by atoms with Gasteiger partial charge in [0.25, 0.3) is 0 Å². The van der Waals surface area contributed by atoms with Crippen LogP contribution < -0.4 is 0 Å². The number of benzene rings is 1. The van der Waals surface area contributed by atoms with Gasteiger partial charge in [-0.3, -0.25) is 9.69 Å². The van der Waals surface area contributed by atoms with E-state index in [0.717, 1.165) is 31.4 Å². The fourth-order valence-electron chi connectivity index (χ4n) is 4.59. The molecule has 1 aromatic carbocycles. The van der Waals surface area contributed by atoms with Crippen LogP contribution in [0.4, 0.5) is 0 Å². The van der Waals surface area contributed by atoms with E-state index in [1.807, 2.05) is 6.92 Å². The van der Waals surface area contributed by atoms with E-state index in [1.165, 1.54) is 16.7 Å². The number of likely N-dealkylation sites (tertiary alicyclic amines) is 1. The van der Waals surface area contributed by atoms with E-state index in [-0.39, 0.29) is 24.4 Å². The molecule has 30 heavy (non-hydrogen) atoms. The standard InChI is InChI=1S/C27H33NO2/c1-19(2)5-14-25(23-10-6-20(3)7-11-23)28-16-15-22(18-27(29)30)17-26(28)24-12-8-21(4)9-13-24/h6-12,22,24-26H,1,13,15-18H2,2-4H3,(H,29,30)/t22-,24?,25-,26+/m0/s1. The number of carbonyl (C=O) groups is 1. The molecular weight excluding hydrogens is 370 g/mol. The molecule has 0 spiro atoms. The summed E-state index contributed by atoms with van der Waals surface area (Å²) >= 11 is 0. The molecule has 1 heterocycles. The second-order valence-electron chi connectivity index (χ2n) is 8.86. The lowest BCUT2D eigenvalue weighted by Gasteiger charge is -2.45. The lowest BCUT2D eigenvalue weighted by molar-refractivity contribution is -0.138. The molecule has 158 valence electrons. The monoisotopic (exact) mass is 403 g/mol. The van der Waals surface area contributed by atoms with Crippen LogP contribution in [0.25, 0.3) is 0 Å². The highest BCUT2D eigenvalue weighted by molar-refractivity contribution is 5.67. The van der Waals surface area contributed by atoms with E-state index in [4.69, 9.17) is 0 Å². The van der Waals surface area contributed by atoms with Crippen molar-refractivity contribution in [2.45, 2.75) is 58.5 Å². The summed E-state index contributed by atoms with van der Waals surface area (Å²) in [6.45, 7) is 11.0. The summed E-state index contributed by atoms with van der Waals surface area (Å²) in [5, 5.41) is 9.35. The summed E-state index contributed by atoms with van der Waals surface area (Å²) in [5.74, 6) is 6.60. The van der Waals surface area contributed by atoms with E-state index in [0.29, 0.717) is 5.92 Å². The van der Waals surface area contributed by atoms with Gasteiger partial charge in [-0.2, -0.15) is 0 Å². The zero-order chi connectivity index (χ0) is 21.7. The van der Waals surface area contributed by atoms with Gasteiger partial charge < -0.3 is 5.11 Å². The molecule has 1 saturated heterocycles. The number of hydrogen-bond acceptors (Lipinski definition) is 2. The zero-order valence-electron chi connectivity index (χ0n) is 18.4. The van der Waals surface area contributed by atoms with Gasteiger partial charge in [0.05, 0.1) is 6.04 Å². The van der Waals surface area contributed by atoms with Crippen LogP contribution >= 0.6 is 0 Å².